The third-order valence-electron chi connectivity index (χ3n) is 1.51. The predicted molar refractivity (Wildman–Crippen MR) is 54.2 cm³/mol. The molecule has 11 heavy (non-hydrogen) atoms. The average molecular weight is 181 g/mol. The third-order valence-corrected chi connectivity index (χ3v) is 3.60. The molecule has 0 aromatic carbocycles. The van der Waals surface area contributed by atoms with Gasteiger partial charge in [0, 0.05) is 15.6 Å². The molecule has 0 saturated carbocycles. The molecule has 2 aromatic heterocycles. The SMILES string of the molecule is C=Cc1csc2cc(N)sc12. The van der Waals surface area contributed by atoms with E-state index in [1.165, 1.54) is 15.0 Å². The van der Waals surface area contributed by atoms with Crippen molar-refractivity contribution in [2.24, 2.45) is 0 Å². The van der Waals surface area contributed by atoms with Gasteiger partial charge in [-0.1, -0.05) is 12.7 Å². The standard InChI is InChI=1S/C8H7NS2/c1-2-5-4-10-6-3-7(9)11-8(5)6/h2-4H,1,9H2. The molecule has 0 radical (unpaired) electrons. The van der Waals surface area contributed by atoms with E-state index < -0.39 is 0 Å². The van der Waals surface area contributed by atoms with Crippen LogP contribution in [-0.2, 0) is 0 Å². The minimum atomic E-state index is 0.884. The Morgan fingerprint density at radius 2 is 2.36 bits per heavy atom. The first-order chi connectivity index (χ1) is 5.31. The summed E-state index contributed by atoms with van der Waals surface area (Å²) in [5, 5.41) is 2.99. The van der Waals surface area contributed by atoms with Gasteiger partial charge in [0.25, 0.3) is 0 Å². The minimum Gasteiger partial charge on any atom is -0.391 e. The second-order valence-corrected chi connectivity index (χ2v) is 4.23. The Balaban J connectivity index is 2.83. The van der Waals surface area contributed by atoms with E-state index in [-0.39, 0.29) is 0 Å². The maximum absolute atomic E-state index is 5.65. The van der Waals surface area contributed by atoms with Gasteiger partial charge in [0.05, 0.1) is 9.70 Å². The van der Waals surface area contributed by atoms with E-state index >= 15 is 0 Å². The fourth-order valence-corrected chi connectivity index (χ4v) is 3.14. The second kappa shape index (κ2) is 2.36. The van der Waals surface area contributed by atoms with E-state index in [0.29, 0.717) is 0 Å². The van der Waals surface area contributed by atoms with Gasteiger partial charge in [-0.15, -0.1) is 22.7 Å². The second-order valence-electron chi connectivity index (χ2n) is 2.24. The van der Waals surface area contributed by atoms with E-state index in [1.54, 1.807) is 22.7 Å². The Bertz CT molecular complexity index is 397. The summed E-state index contributed by atoms with van der Waals surface area (Å²) in [6, 6.07) is 2.01. The molecular formula is C8H7NS2. The van der Waals surface area contributed by atoms with Crippen molar-refractivity contribution in [2.45, 2.75) is 0 Å². The largest absolute Gasteiger partial charge is 0.391 e. The van der Waals surface area contributed by atoms with Crippen LogP contribution < -0.4 is 5.73 Å². The highest BCUT2D eigenvalue weighted by molar-refractivity contribution is 7.29. The molecule has 0 saturated heterocycles. The van der Waals surface area contributed by atoms with Crippen LogP contribution in [0, 0.1) is 0 Å². The molecule has 1 nitrogen and oxygen atoms in total. The highest BCUT2D eigenvalue weighted by Crippen LogP contribution is 2.35. The van der Waals surface area contributed by atoms with Crippen molar-refractivity contribution in [3.8, 4) is 0 Å². The van der Waals surface area contributed by atoms with E-state index in [0.717, 1.165) is 5.00 Å². The molecule has 56 valence electrons. The van der Waals surface area contributed by atoms with Gasteiger partial charge in [-0.2, -0.15) is 0 Å². The minimum absolute atomic E-state index is 0.884. The first-order valence-corrected chi connectivity index (χ1v) is 4.90. The summed E-state index contributed by atoms with van der Waals surface area (Å²) in [7, 11) is 0. The van der Waals surface area contributed by atoms with Gasteiger partial charge < -0.3 is 5.73 Å². The summed E-state index contributed by atoms with van der Waals surface area (Å²) in [5.41, 5.74) is 6.85. The van der Waals surface area contributed by atoms with Gasteiger partial charge in [-0.25, -0.2) is 0 Å². The summed E-state index contributed by atoms with van der Waals surface area (Å²) in [6.07, 6.45) is 1.87. The molecule has 3 heteroatoms. The molecule has 0 fully saturated rings. The lowest BCUT2D eigenvalue weighted by Gasteiger charge is -1.80. The van der Waals surface area contributed by atoms with Gasteiger partial charge in [0.1, 0.15) is 0 Å². The van der Waals surface area contributed by atoms with Crippen LogP contribution in [0.4, 0.5) is 5.00 Å². The van der Waals surface area contributed by atoms with Crippen molar-refractivity contribution >= 4 is 43.2 Å². The number of anilines is 1. The zero-order valence-electron chi connectivity index (χ0n) is 5.83. The van der Waals surface area contributed by atoms with Gasteiger partial charge in [-0.05, 0) is 6.07 Å². The van der Waals surface area contributed by atoms with Crippen molar-refractivity contribution in [3.05, 3.63) is 23.6 Å². The molecule has 0 atom stereocenters. The van der Waals surface area contributed by atoms with Gasteiger partial charge in [0.2, 0.25) is 0 Å². The number of hydrogen-bond acceptors (Lipinski definition) is 3. The summed E-state index contributed by atoms with van der Waals surface area (Å²) in [6.45, 7) is 3.74. The lowest BCUT2D eigenvalue weighted by molar-refractivity contribution is 2.02. The van der Waals surface area contributed by atoms with Crippen LogP contribution in [0.2, 0.25) is 0 Å². The highest BCUT2D eigenvalue weighted by Gasteiger charge is 2.03. The van der Waals surface area contributed by atoms with Crippen LogP contribution in [0.1, 0.15) is 5.56 Å². The Kier molecular flexibility index (Phi) is 1.47. The van der Waals surface area contributed by atoms with Gasteiger partial charge >= 0.3 is 0 Å². The third kappa shape index (κ3) is 0.968. The van der Waals surface area contributed by atoms with Crippen molar-refractivity contribution in [1.29, 1.82) is 0 Å². The number of nitrogens with two attached hydrogens (primary N) is 1. The topological polar surface area (TPSA) is 26.0 Å². The van der Waals surface area contributed by atoms with Crippen LogP contribution in [0.15, 0.2) is 18.0 Å². The molecule has 2 N–H and O–H groups in total. The first kappa shape index (κ1) is 6.88. The number of fused-ring (bicyclic) bond motifs is 1. The van der Waals surface area contributed by atoms with E-state index in [2.05, 4.69) is 12.0 Å². The molecule has 0 aliphatic carbocycles. The van der Waals surface area contributed by atoms with Crippen molar-refractivity contribution in [1.82, 2.24) is 0 Å². The van der Waals surface area contributed by atoms with Crippen LogP contribution in [0.5, 0.6) is 0 Å². The van der Waals surface area contributed by atoms with Crippen LogP contribution in [0.3, 0.4) is 0 Å². The Morgan fingerprint density at radius 3 is 3.09 bits per heavy atom. The monoisotopic (exact) mass is 181 g/mol. The average Bonchev–Trinajstić information content (AvgIpc) is 2.45. The van der Waals surface area contributed by atoms with Crippen molar-refractivity contribution < 1.29 is 0 Å². The molecular weight excluding hydrogens is 174 g/mol. The maximum Gasteiger partial charge on any atom is 0.0877 e. The quantitative estimate of drug-likeness (QED) is 0.718. The van der Waals surface area contributed by atoms with E-state index in [1.807, 2.05) is 12.1 Å². The predicted octanol–water partition coefficient (Wildman–Crippen LogP) is 3.19. The van der Waals surface area contributed by atoms with Crippen LogP contribution in [-0.4, -0.2) is 0 Å². The van der Waals surface area contributed by atoms with Crippen LogP contribution in [0.25, 0.3) is 15.5 Å². The molecule has 2 aromatic rings. The molecule has 0 aliphatic heterocycles. The Morgan fingerprint density at radius 1 is 1.55 bits per heavy atom. The van der Waals surface area contributed by atoms with Crippen molar-refractivity contribution in [2.75, 3.05) is 5.73 Å². The smallest absolute Gasteiger partial charge is 0.0877 e. The normalized spacial score (nSPS) is 10.5. The highest BCUT2D eigenvalue weighted by atomic mass is 32.1. The van der Waals surface area contributed by atoms with Gasteiger partial charge in [0.15, 0.2) is 0 Å². The Hall–Kier alpha value is -0.800. The zero-order chi connectivity index (χ0) is 7.84. The summed E-state index contributed by atoms with van der Waals surface area (Å²) < 4.78 is 2.53. The fourth-order valence-electron chi connectivity index (χ4n) is 1.00. The Labute approximate surface area is 72.8 Å². The lowest BCUT2D eigenvalue weighted by Crippen LogP contribution is -1.72. The molecule has 0 unspecified atom stereocenters. The molecule has 0 amide bonds. The fraction of sp³-hybridized carbons (Fsp3) is 0. The number of nitrogen functional groups attached to an aromatic ring is 1. The molecule has 0 spiro atoms. The molecule has 2 rings (SSSR count). The van der Waals surface area contributed by atoms with Crippen LogP contribution >= 0.6 is 22.7 Å². The summed E-state index contributed by atoms with van der Waals surface area (Å²) in [4.78, 5) is 0. The molecule has 0 bridgehead atoms. The number of rotatable bonds is 1. The molecule has 0 aliphatic rings. The van der Waals surface area contributed by atoms with E-state index in [9.17, 15) is 0 Å². The van der Waals surface area contributed by atoms with E-state index in [4.69, 9.17) is 5.73 Å². The summed E-state index contributed by atoms with van der Waals surface area (Å²) in [5.74, 6) is 0. The lowest BCUT2D eigenvalue weighted by atomic mass is 10.3. The van der Waals surface area contributed by atoms with Crippen molar-refractivity contribution in [3.63, 3.8) is 0 Å². The first-order valence-electron chi connectivity index (χ1n) is 3.20. The number of thiophene rings is 2. The maximum atomic E-state index is 5.65. The number of hydrogen-bond donors (Lipinski definition) is 1. The summed E-state index contributed by atoms with van der Waals surface area (Å²) >= 11 is 3.35. The zero-order valence-corrected chi connectivity index (χ0v) is 7.47. The molecule has 2 heterocycles. The van der Waals surface area contributed by atoms with Gasteiger partial charge in [-0.3, -0.25) is 0 Å².